The van der Waals surface area contributed by atoms with Crippen molar-refractivity contribution in [1.82, 2.24) is 5.32 Å². The molecule has 0 fully saturated rings. The summed E-state index contributed by atoms with van der Waals surface area (Å²) in [5.41, 5.74) is -0.0525. The lowest BCUT2D eigenvalue weighted by Crippen LogP contribution is -2.45. The molecule has 0 radical (unpaired) electrons. The molecule has 0 aliphatic heterocycles. The van der Waals surface area contributed by atoms with E-state index in [0.29, 0.717) is 5.75 Å². The number of aliphatic carboxylic acids is 1. The first-order chi connectivity index (χ1) is 10.1. The highest BCUT2D eigenvalue weighted by Gasteiger charge is 2.42. The third-order valence-corrected chi connectivity index (χ3v) is 3.15. The molecule has 1 aromatic carbocycles. The summed E-state index contributed by atoms with van der Waals surface area (Å²) in [7, 11) is 1.41. The van der Waals surface area contributed by atoms with Gasteiger partial charge in [-0.2, -0.15) is 13.2 Å². The molecule has 22 heavy (non-hydrogen) atoms. The Morgan fingerprint density at radius 1 is 1.27 bits per heavy atom. The third kappa shape index (κ3) is 5.22. The minimum Gasteiger partial charge on any atom is -0.497 e. The Morgan fingerprint density at radius 3 is 2.18 bits per heavy atom. The van der Waals surface area contributed by atoms with E-state index in [1.54, 1.807) is 13.8 Å². The molecule has 0 aromatic heterocycles. The molecule has 0 amide bonds. The van der Waals surface area contributed by atoms with E-state index in [1.165, 1.54) is 31.4 Å². The van der Waals surface area contributed by atoms with Crippen molar-refractivity contribution in [1.29, 1.82) is 0 Å². The monoisotopic (exact) mass is 319 g/mol. The standard InChI is InChI=1S/C15H20F3NO3/c1-9(2)8-12(14(20)21)19-13(15(16,17)18)10-4-6-11(22-3)7-5-10/h4-7,9,12-13,19H,8H2,1-3H3,(H,20,21)/t12-,13-/m0/s1. The molecule has 7 heteroatoms. The summed E-state index contributed by atoms with van der Waals surface area (Å²) in [6.07, 6.45) is -4.49. The second-order valence-electron chi connectivity index (χ2n) is 5.43. The third-order valence-electron chi connectivity index (χ3n) is 3.15. The fourth-order valence-electron chi connectivity index (χ4n) is 2.09. The number of hydrogen-bond donors (Lipinski definition) is 2. The van der Waals surface area contributed by atoms with E-state index in [4.69, 9.17) is 9.84 Å². The summed E-state index contributed by atoms with van der Waals surface area (Å²) in [5.74, 6) is -0.906. The average Bonchev–Trinajstić information content (AvgIpc) is 2.41. The smallest absolute Gasteiger partial charge is 0.407 e. The van der Waals surface area contributed by atoms with Crippen LogP contribution in [0.5, 0.6) is 5.75 Å². The maximum atomic E-state index is 13.3. The van der Waals surface area contributed by atoms with Crippen LogP contribution in [-0.2, 0) is 4.79 Å². The topological polar surface area (TPSA) is 58.6 Å². The van der Waals surface area contributed by atoms with Crippen LogP contribution >= 0.6 is 0 Å². The fourth-order valence-corrected chi connectivity index (χ4v) is 2.09. The van der Waals surface area contributed by atoms with Crippen molar-refractivity contribution in [3.05, 3.63) is 29.8 Å². The van der Waals surface area contributed by atoms with Gasteiger partial charge in [0.1, 0.15) is 17.8 Å². The molecule has 0 aliphatic carbocycles. The van der Waals surface area contributed by atoms with Gasteiger partial charge in [-0.1, -0.05) is 26.0 Å². The SMILES string of the molecule is COc1ccc([C@H](N[C@@H](CC(C)C)C(=O)O)C(F)(F)F)cc1. The minimum absolute atomic E-state index is 0.0432. The molecule has 4 nitrogen and oxygen atoms in total. The van der Waals surface area contributed by atoms with Gasteiger partial charge in [0.25, 0.3) is 0 Å². The van der Waals surface area contributed by atoms with Gasteiger partial charge in [-0.15, -0.1) is 0 Å². The summed E-state index contributed by atoms with van der Waals surface area (Å²) < 4.78 is 44.7. The van der Waals surface area contributed by atoms with E-state index in [1.807, 2.05) is 0 Å². The Morgan fingerprint density at radius 2 is 1.82 bits per heavy atom. The molecule has 1 rings (SSSR count). The summed E-state index contributed by atoms with van der Waals surface area (Å²) in [4.78, 5) is 11.2. The molecule has 1 aromatic rings. The number of carbonyl (C=O) groups is 1. The van der Waals surface area contributed by atoms with E-state index in [-0.39, 0.29) is 17.9 Å². The minimum atomic E-state index is -4.60. The number of ether oxygens (including phenoxy) is 1. The Labute approximate surface area is 127 Å². The lowest BCUT2D eigenvalue weighted by molar-refractivity contribution is -0.163. The van der Waals surface area contributed by atoms with Crippen molar-refractivity contribution in [3.63, 3.8) is 0 Å². The molecule has 0 unspecified atom stereocenters. The van der Waals surface area contributed by atoms with Crippen LogP contribution in [0.1, 0.15) is 31.9 Å². The Hall–Kier alpha value is -1.76. The molecule has 0 saturated carbocycles. The maximum Gasteiger partial charge on any atom is 0.407 e. The molecule has 124 valence electrons. The summed E-state index contributed by atoms with van der Waals surface area (Å²) in [6.45, 7) is 3.52. The van der Waals surface area contributed by atoms with E-state index in [2.05, 4.69) is 5.32 Å². The van der Waals surface area contributed by atoms with Gasteiger partial charge >= 0.3 is 12.1 Å². The number of halogens is 3. The second-order valence-corrected chi connectivity index (χ2v) is 5.43. The van der Waals surface area contributed by atoms with Gasteiger partial charge in [-0.25, -0.2) is 0 Å². The van der Waals surface area contributed by atoms with Crippen molar-refractivity contribution in [2.24, 2.45) is 5.92 Å². The van der Waals surface area contributed by atoms with Gasteiger partial charge < -0.3 is 9.84 Å². The van der Waals surface area contributed by atoms with Gasteiger partial charge in [-0.3, -0.25) is 10.1 Å². The fraction of sp³-hybridized carbons (Fsp3) is 0.533. The summed E-state index contributed by atoms with van der Waals surface area (Å²) in [5, 5.41) is 11.3. The second kappa shape index (κ2) is 7.49. The number of rotatable bonds is 7. The Bertz CT molecular complexity index is 486. The predicted octanol–water partition coefficient (Wildman–Crippen LogP) is 3.39. The normalized spacial score (nSPS) is 14.7. The van der Waals surface area contributed by atoms with Crippen molar-refractivity contribution in [2.75, 3.05) is 7.11 Å². The zero-order chi connectivity index (χ0) is 16.9. The first-order valence-corrected chi connectivity index (χ1v) is 6.84. The van der Waals surface area contributed by atoms with Gasteiger partial charge in [0.2, 0.25) is 0 Å². The Balaban J connectivity index is 3.04. The molecule has 2 N–H and O–H groups in total. The van der Waals surface area contributed by atoms with Crippen molar-refractivity contribution in [3.8, 4) is 5.75 Å². The number of alkyl halides is 3. The first-order valence-electron chi connectivity index (χ1n) is 6.84. The van der Waals surface area contributed by atoms with Crippen LogP contribution in [0.25, 0.3) is 0 Å². The van der Waals surface area contributed by atoms with E-state index >= 15 is 0 Å². The van der Waals surface area contributed by atoms with Crippen LogP contribution < -0.4 is 10.1 Å². The highest BCUT2D eigenvalue weighted by molar-refractivity contribution is 5.73. The zero-order valence-corrected chi connectivity index (χ0v) is 12.6. The zero-order valence-electron chi connectivity index (χ0n) is 12.6. The van der Waals surface area contributed by atoms with E-state index in [0.717, 1.165) is 0 Å². The van der Waals surface area contributed by atoms with Crippen LogP contribution in [0, 0.1) is 5.92 Å². The molecule has 0 aliphatic rings. The van der Waals surface area contributed by atoms with E-state index in [9.17, 15) is 18.0 Å². The molecular formula is C15H20F3NO3. The van der Waals surface area contributed by atoms with Crippen LogP contribution in [0.3, 0.4) is 0 Å². The van der Waals surface area contributed by atoms with Crippen LogP contribution in [-0.4, -0.2) is 30.4 Å². The quantitative estimate of drug-likeness (QED) is 0.809. The average molecular weight is 319 g/mol. The number of carboxylic acids is 1. The largest absolute Gasteiger partial charge is 0.497 e. The van der Waals surface area contributed by atoms with Gasteiger partial charge in [0, 0.05) is 0 Å². The van der Waals surface area contributed by atoms with Crippen molar-refractivity contribution >= 4 is 5.97 Å². The van der Waals surface area contributed by atoms with E-state index < -0.39 is 24.2 Å². The van der Waals surface area contributed by atoms with Crippen LogP contribution in [0.15, 0.2) is 24.3 Å². The lowest BCUT2D eigenvalue weighted by Gasteiger charge is -2.26. The number of hydrogen-bond acceptors (Lipinski definition) is 3. The first kappa shape index (κ1) is 18.3. The lowest BCUT2D eigenvalue weighted by atomic mass is 10.00. The molecule has 2 atom stereocenters. The highest BCUT2D eigenvalue weighted by Crippen LogP contribution is 2.34. The van der Waals surface area contributed by atoms with Crippen molar-refractivity contribution < 1.29 is 27.8 Å². The van der Waals surface area contributed by atoms with Crippen LogP contribution in [0.4, 0.5) is 13.2 Å². The number of nitrogens with one attached hydrogen (secondary N) is 1. The van der Waals surface area contributed by atoms with Gasteiger partial charge in [0.15, 0.2) is 0 Å². The number of benzene rings is 1. The number of methoxy groups -OCH3 is 1. The van der Waals surface area contributed by atoms with Gasteiger partial charge in [-0.05, 0) is 30.0 Å². The maximum absolute atomic E-state index is 13.3. The molecular weight excluding hydrogens is 299 g/mol. The molecule has 0 heterocycles. The Kier molecular flexibility index (Phi) is 6.22. The summed E-state index contributed by atoms with van der Waals surface area (Å²) >= 11 is 0. The van der Waals surface area contributed by atoms with Gasteiger partial charge in [0.05, 0.1) is 7.11 Å². The number of carboxylic acid groups (broad SMARTS) is 1. The molecule has 0 spiro atoms. The molecule has 0 bridgehead atoms. The predicted molar refractivity (Wildman–Crippen MR) is 75.8 cm³/mol. The van der Waals surface area contributed by atoms with Crippen molar-refractivity contribution in [2.45, 2.75) is 38.5 Å². The highest BCUT2D eigenvalue weighted by atomic mass is 19.4. The van der Waals surface area contributed by atoms with Crippen LogP contribution in [0.2, 0.25) is 0 Å². The summed E-state index contributed by atoms with van der Waals surface area (Å²) in [6, 6.07) is 2.06. The molecule has 0 saturated heterocycles.